The Kier molecular flexibility index (Phi) is 5.32. The third-order valence-corrected chi connectivity index (χ3v) is 5.78. The summed E-state index contributed by atoms with van der Waals surface area (Å²) in [5, 5.41) is 2.06. The normalized spacial score (nSPS) is 15.4. The third-order valence-electron chi connectivity index (χ3n) is 4.31. The largest absolute Gasteiger partial charge is 0.290 e. The van der Waals surface area contributed by atoms with Gasteiger partial charge in [-0.05, 0) is 41.6 Å². The van der Waals surface area contributed by atoms with Crippen LogP contribution in [0.25, 0.3) is 6.08 Å². The summed E-state index contributed by atoms with van der Waals surface area (Å²) in [5.74, 6) is 0.675. The Morgan fingerprint density at radius 1 is 1.00 bits per heavy atom. The molecule has 0 N–H and O–H groups in total. The van der Waals surface area contributed by atoms with Crippen LogP contribution in [0.1, 0.15) is 16.0 Å². The highest BCUT2D eigenvalue weighted by Crippen LogP contribution is 2.23. The van der Waals surface area contributed by atoms with Crippen molar-refractivity contribution in [1.82, 2.24) is 4.90 Å². The monoisotopic (exact) mass is 436 g/mol. The molecular weight excluding hydrogens is 420 g/mol. The van der Waals surface area contributed by atoms with Crippen LogP contribution in [0.3, 0.4) is 0 Å². The Labute approximate surface area is 170 Å². The standard InChI is InChI=1S/C22H17BrN2OS/c23-18-10-8-16(9-11-18)15-20-22(26)25(13-12-19-7-4-14-27-19)21(24-20)17-5-2-1-3-6-17/h1-11,14-15H,12-13H2/b20-15+. The van der Waals surface area contributed by atoms with Crippen LogP contribution in [0.5, 0.6) is 0 Å². The fraction of sp³-hybridized carbons (Fsp3) is 0.0909. The number of thiophene rings is 1. The number of benzene rings is 2. The molecule has 27 heavy (non-hydrogen) atoms. The predicted molar refractivity (Wildman–Crippen MR) is 115 cm³/mol. The van der Waals surface area contributed by atoms with Crippen molar-refractivity contribution < 1.29 is 4.79 Å². The molecule has 5 heteroatoms. The van der Waals surface area contributed by atoms with Crippen LogP contribution < -0.4 is 0 Å². The van der Waals surface area contributed by atoms with Gasteiger partial charge in [0.25, 0.3) is 5.91 Å². The third kappa shape index (κ3) is 4.10. The van der Waals surface area contributed by atoms with Gasteiger partial charge in [0.05, 0.1) is 0 Å². The second-order valence-electron chi connectivity index (χ2n) is 6.17. The van der Waals surface area contributed by atoms with Crippen molar-refractivity contribution in [2.45, 2.75) is 6.42 Å². The Balaban J connectivity index is 1.66. The van der Waals surface area contributed by atoms with E-state index in [2.05, 4.69) is 32.4 Å². The maximum Gasteiger partial charge on any atom is 0.278 e. The van der Waals surface area contributed by atoms with Gasteiger partial charge in [0.2, 0.25) is 0 Å². The summed E-state index contributed by atoms with van der Waals surface area (Å²) in [5.41, 5.74) is 2.39. The first-order valence-electron chi connectivity index (χ1n) is 8.66. The number of aliphatic imine (C=N–C) groups is 1. The molecule has 0 saturated carbocycles. The summed E-state index contributed by atoms with van der Waals surface area (Å²) in [6, 6.07) is 21.9. The van der Waals surface area contributed by atoms with E-state index in [0.29, 0.717) is 12.2 Å². The Hall–Kier alpha value is -2.50. The van der Waals surface area contributed by atoms with Gasteiger partial charge in [0.15, 0.2) is 0 Å². The fourth-order valence-electron chi connectivity index (χ4n) is 2.96. The average Bonchev–Trinajstić information content (AvgIpc) is 3.31. The van der Waals surface area contributed by atoms with Gasteiger partial charge in [-0.3, -0.25) is 9.69 Å². The molecule has 1 aliphatic heterocycles. The summed E-state index contributed by atoms with van der Waals surface area (Å²) >= 11 is 5.15. The van der Waals surface area contributed by atoms with Crippen molar-refractivity contribution in [2.75, 3.05) is 6.54 Å². The van der Waals surface area contributed by atoms with Gasteiger partial charge >= 0.3 is 0 Å². The number of carbonyl (C=O) groups is 1. The van der Waals surface area contributed by atoms with Gasteiger partial charge in [-0.25, -0.2) is 4.99 Å². The number of rotatable bonds is 5. The van der Waals surface area contributed by atoms with Crippen molar-refractivity contribution in [3.8, 4) is 0 Å². The number of hydrogen-bond acceptors (Lipinski definition) is 3. The molecule has 1 amide bonds. The Morgan fingerprint density at radius 3 is 2.48 bits per heavy atom. The van der Waals surface area contributed by atoms with Crippen LogP contribution >= 0.6 is 27.3 Å². The molecule has 0 radical (unpaired) electrons. The second kappa shape index (κ2) is 8.03. The molecule has 1 aromatic heterocycles. The minimum absolute atomic E-state index is 0.0478. The Bertz CT molecular complexity index is 993. The van der Waals surface area contributed by atoms with Crippen molar-refractivity contribution in [2.24, 2.45) is 4.99 Å². The van der Waals surface area contributed by atoms with Crippen LogP contribution in [-0.2, 0) is 11.2 Å². The van der Waals surface area contributed by atoms with Gasteiger partial charge in [-0.1, -0.05) is 64.5 Å². The summed E-state index contributed by atoms with van der Waals surface area (Å²) in [4.78, 5) is 20.8. The zero-order valence-corrected chi connectivity index (χ0v) is 16.9. The minimum Gasteiger partial charge on any atom is -0.290 e. The highest BCUT2D eigenvalue weighted by Gasteiger charge is 2.30. The quantitative estimate of drug-likeness (QED) is 0.493. The lowest BCUT2D eigenvalue weighted by Gasteiger charge is -2.18. The van der Waals surface area contributed by atoms with Gasteiger partial charge < -0.3 is 0 Å². The topological polar surface area (TPSA) is 32.7 Å². The smallest absolute Gasteiger partial charge is 0.278 e. The van der Waals surface area contributed by atoms with E-state index in [1.807, 2.05) is 66.7 Å². The highest BCUT2D eigenvalue weighted by molar-refractivity contribution is 9.10. The molecule has 0 unspecified atom stereocenters. The minimum atomic E-state index is -0.0478. The summed E-state index contributed by atoms with van der Waals surface area (Å²) in [6.45, 7) is 0.616. The molecule has 0 fully saturated rings. The Morgan fingerprint density at radius 2 is 1.78 bits per heavy atom. The molecule has 0 atom stereocenters. The van der Waals surface area contributed by atoms with Crippen molar-refractivity contribution in [1.29, 1.82) is 0 Å². The van der Waals surface area contributed by atoms with Crippen LogP contribution in [-0.4, -0.2) is 23.2 Å². The number of amides is 1. The highest BCUT2D eigenvalue weighted by atomic mass is 79.9. The van der Waals surface area contributed by atoms with E-state index >= 15 is 0 Å². The number of hydrogen-bond donors (Lipinski definition) is 0. The maximum absolute atomic E-state index is 13.1. The van der Waals surface area contributed by atoms with Gasteiger partial charge in [-0.2, -0.15) is 0 Å². The second-order valence-corrected chi connectivity index (χ2v) is 8.12. The lowest BCUT2D eigenvalue weighted by Crippen LogP contribution is -2.34. The lowest BCUT2D eigenvalue weighted by molar-refractivity contribution is -0.122. The van der Waals surface area contributed by atoms with E-state index < -0.39 is 0 Å². The van der Waals surface area contributed by atoms with E-state index in [9.17, 15) is 4.79 Å². The first-order valence-corrected chi connectivity index (χ1v) is 10.3. The fourth-order valence-corrected chi connectivity index (χ4v) is 3.92. The molecule has 2 heterocycles. The van der Waals surface area contributed by atoms with E-state index in [-0.39, 0.29) is 5.91 Å². The van der Waals surface area contributed by atoms with Crippen LogP contribution in [0.2, 0.25) is 0 Å². The first-order chi connectivity index (χ1) is 13.2. The molecule has 0 spiro atoms. The molecule has 3 aromatic rings. The molecule has 3 nitrogen and oxygen atoms in total. The maximum atomic E-state index is 13.1. The van der Waals surface area contributed by atoms with E-state index in [4.69, 9.17) is 0 Å². The number of amidine groups is 1. The summed E-state index contributed by atoms with van der Waals surface area (Å²) < 4.78 is 1.01. The average molecular weight is 437 g/mol. The van der Waals surface area contributed by atoms with E-state index in [1.165, 1.54) is 4.88 Å². The van der Waals surface area contributed by atoms with Gasteiger partial charge in [0, 0.05) is 21.5 Å². The first kappa shape index (κ1) is 17.9. The number of carbonyl (C=O) groups excluding carboxylic acids is 1. The number of halogens is 1. The molecule has 134 valence electrons. The lowest BCUT2D eigenvalue weighted by atomic mass is 10.2. The van der Waals surface area contributed by atoms with Crippen LogP contribution in [0.15, 0.2) is 87.3 Å². The summed E-state index contributed by atoms with van der Waals surface area (Å²) in [7, 11) is 0. The molecule has 4 rings (SSSR count). The van der Waals surface area contributed by atoms with Crippen molar-refractivity contribution >= 4 is 45.1 Å². The zero-order valence-electron chi connectivity index (χ0n) is 14.5. The molecule has 0 aliphatic carbocycles. The number of nitrogens with zero attached hydrogens (tertiary/aromatic N) is 2. The SMILES string of the molecule is O=C1/C(=C\c2ccc(Br)cc2)N=C(c2ccccc2)N1CCc1cccs1. The van der Waals surface area contributed by atoms with Gasteiger partial charge in [0.1, 0.15) is 11.5 Å². The van der Waals surface area contributed by atoms with E-state index in [1.54, 1.807) is 16.2 Å². The molecule has 2 aromatic carbocycles. The summed E-state index contributed by atoms with van der Waals surface area (Å²) in [6.07, 6.45) is 2.67. The molecule has 0 saturated heterocycles. The van der Waals surface area contributed by atoms with Gasteiger partial charge in [-0.15, -0.1) is 11.3 Å². The van der Waals surface area contributed by atoms with Crippen LogP contribution in [0.4, 0.5) is 0 Å². The van der Waals surface area contributed by atoms with Crippen LogP contribution in [0, 0.1) is 0 Å². The van der Waals surface area contributed by atoms with E-state index in [0.717, 1.165) is 27.9 Å². The molecular formula is C22H17BrN2OS. The molecule has 1 aliphatic rings. The van der Waals surface area contributed by atoms with Crippen molar-refractivity contribution in [3.63, 3.8) is 0 Å². The zero-order chi connectivity index (χ0) is 18.6. The molecule has 0 bridgehead atoms. The predicted octanol–water partition coefficient (Wildman–Crippen LogP) is 5.38. The van der Waals surface area contributed by atoms with Crippen molar-refractivity contribution in [3.05, 3.63) is 98.3 Å².